The van der Waals surface area contributed by atoms with Crippen LogP contribution in [0.2, 0.25) is 0 Å². The van der Waals surface area contributed by atoms with E-state index in [1.54, 1.807) is 31.2 Å². The van der Waals surface area contributed by atoms with Crippen LogP contribution in [-0.4, -0.2) is 83.3 Å². The summed E-state index contributed by atoms with van der Waals surface area (Å²) in [4.78, 5) is 85.2. The molecule has 6 fully saturated rings. The smallest absolute Gasteiger partial charge is 0.308 e. The lowest BCUT2D eigenvalue weighted by molar-refractivity contribution is -0.607. The van der Waals surface area contributed by atoms with E-state index in [1.165, 1.54) is 25.4 Å². The number of nitrogens with zero attached hydrogens (tertiary/aromatic N) is 2. The number of benzene rings is 1. The number of methoxy groups -OCH3 is 1. The third-order valence-corrected chi connectivity index (χ3v) is 15.4. The lowest BCUT2D eigenvalue weighted by atomic mass is 8.94. The molecule has 0 aliphatic heterocycles. The van der Waals surface area contributed by atoms with Gasteiger partial charge in [-0.25, -0.2) is 4.98 Å². The molecule has 1 aromatic carbocycles. The largest absolute Gasteiger partial charge is 0.469 e. The van der Waals surface area contributed by atoms with Crippen LogP contribution >= 0.6 is 11.3 Å². The number of rotatable bonds is 19. The monoisotopic (exact) mass is 803 g/mol. The highest BCUT2D eigenvalue weighted by atomic mass is 32.1. The van der Waals surface area contributed by atoms with Crippen LogP contribution in [0.3, 0.4) is 0 Å². The van der Waals surface area contributed by atoms with Gasteiger partial charge in [0.2, 0.25) is 17.7 Å². The fourth-order valence-electron chi connectivity index (χ4n) is 12.0. The first-order valence-corrected chi connectivity index (χ1v) is 21.3. The zero-order valence-electron chi connectivity index (χ0n) is 34.4. The van der Waals surface area contributed by atoms with E-state index in [0.29, 0.717) is 59.8 Å². The van der Waals surface area contributed by atoms with Crippen LogP contribution in [0.25, 0.3) is 0 Å². The normalized spacial score (nSPS) is 30.8. The zero-order valence-corrected chi connectivity index (χ0v) is 35.2. The topological polar surface area (TPSA) is 173 Å². The van der Waals surface area contributed by atoms with Crippen LogP contribution in [0, 0.1) is 58.7 Å². The van der Waals surface area contributed by atoms with Gasteiger partial charge >= 0.3 is 11.9 Å². The van der Waals surface area contributed by atoms with Crippen molar-refractivity contribution < 1.29 is 38.2 Å². The predicted octanol–water partition coefficient (Wildman–Crippen LogP) is 4.32. The molecule has 0 bridgehead atoms. The Hall–Kier alpha value is -4.33. The maximum absolute atomic E-state index is 14.5. The summed E-state index contributed by atoms with van der Waals surface area (Å²) in [5, 5.41) is 11.6. The highest BCUT2D eigenvalue weighted by Gasteiger charge is 3.11. The molecule has 6 saturated carbocycles. The number of carbonyl (C=O) groups excluding carboxylic acids is 6. The van der Waals surface area contributed by atoms with Gasteiger partial charge < -0.3 is 30.3 Å². The summed E-state index contributed by atoms with van der Waals surface area (Å²) < 4.78 is 10.8. The molecule has 0 unspecified atom stereocenters. The van der Waals surface area contributed by atoms with Gasteiger partial charge in [-0.2, -0.15) is 0 Å². The molecule has 8 rings (SSSR count). The van der Waals surface area contributed by atoms with Crippen LogP contribution < -0.4 is 16.0 Å². The highest BCUT2D eigenvalue weighted by Crippen LogP contribution is 3.07. The number of likely N-dealkylation sites (N-methyl/N-ethyl adjacent to an activating group) is 1. The Labute approximate surface area is 338 Å². The number of thiazole rings is 1. The number of ether oxygens (including phenoxy) is 2. The molecule has 6 atom stereocenters. The van der Waals surface area contributed by atoms with Crippen LogP contribution in [0.1, 0.15) is 94.9 Å². The van der Waals surface area contributed by atoms with Crippen molar-refractivity contribution in [3.63, 3.8) is 0 Å². The van der Waals surface area contributed by atoms with Crippen LogP contribution in [-0.2, 0) is 39.9 Å². The van der Waals surface area contributed by atoms with Crippen LogP contribution in [0.15, 0.2) is 35.7 Å². The van der Waals surface area contributed by atoms with E-state index >= 15 is 0 Å². The van der Waals surface area contributed by atoms with Crippen molar-refractivity contribution in [2.24, 2.45) is 58.7 Å². The molecule has 1 heterocycles. The second-order valence-electron chi connectivity index (χ2n) is 17.7. The number of carbonyl (C=O) groups is 6. The Morgan fingerprint density at radius 2 is 1.54 bits per heavy atom. The van der Waals surface area contributed by atoms with Gasteiger partial charge in [0.15, 0.2) is 6.10 Å². The summed E-state index contributed by atoms with van der Waals surface area (Å²) in [7, 11) is 3.08. The van der Waals surface area contributed by atoms with E-state index < -0.39 is 41.4 Å². The number of aromatic nitrogens is 1. The zero-order chi connectivity index (χ0) is 41.3. The third kappa shape index (κ3) is 6.18. The molecule has 0 spiro atoms. The first-order valence-electron chi connectivity index (χ1n) is 20.5. The molecule has 0 saturated heterocycles. The van der Waals surface area contributed by atoms with Gasteiger partial charge in [0.1, 0.15) is 16.7 Å². The lowest BCUT2D eigenvalue weighted by Crippen LogP contribution is -3.16. The SMILES string of the molecule is CC[C@H](C)[C@H](NC(=O)C12C3C4C1C1C2C3C41NC(C)=O)C(=O)N(C)[C@H](C[C@@H](OC(C)=O)c1nc(C(=O)N[C@@H](Cc2ccccc2)C[C@H](C)C(=O)OC)cs1)C(C)C. The van der Waals surface area contributed by atoms with Crippen molar-refractivity contribution in [1.29, 1.82) is 0 Å². The Morgan fingerprint density at radius 3 is 2.09 bits per heavy atom. The Kier molecular flexibility index (Phi) is 10.8. The predicted molar refractivity (Wildman–Crippen MR) is 211 cm³/mol. The van der Waals surface area contributed by atoms with Gasteiger partial charge in [0, 0.05) is 44.8 Å². The lowest BCUT2D eigenvalue weighted by Gasteiger charge is -3.10. The summed E-state index contributed by atoms with van der Waals surface area (Å²) in [6.07, 6.45) is 0.940. The summed E-state index contributed by atoms with van der Waals surface area (Å²) in [6, 6.07) is 8.17. The molecule has 4 amide bonds. The van der Waals surface area contributed by atoms with Crippen molar-refractivity contribution in [3.8, 4) is 0 Å². The van der Waals surface area contributed by atoms with Crippen LogP contribution in [0.5, 0.6) is 0 Å². The molecule has 308 valence electrons. The number of nitrogens with one attached hydrogen (secondary N) is 3. The van der Waals surface area contributed by atoms with Gasteiger partial charge in [-0.3, -0.25) is 28.8 Å². The summed E-state index contributed by atoms with van der Waals surface area (Å²) in [6.45, 7) is 12.6. The maximum Gasteiger partial charge on any atom is 0.308 e. The molecule has 14 heteroatoms. The van der Waals surface area contributed by atoms with Gasteiger partial charge in [0.25, 0.3) is 5.91 Å². The molecule has 1 aromatic heterocycles. The number of esters is 2. The summed E-state index contributed by atoms with van der Waals surface area (Å²) in [5.74, 6) is -0.0908. The van der Waals surface area contributed by atoms with Gasteiger partial charge in [-0.15, -0.1) is 11.3 Å². The maximum atomic E-state index is 14.5. The Balaban J connectivity index is 1.03. The van der Waals surface area contributed by atoms with E-state index in [0.717, 1.165) is 5.56 Å². The first kappa shape index (κ1) is 40.9. The van der Waals surface area contributed by atoms with Gasteiger partial charge in [-0.1, -0.05) is 71.4 Å². The number of amides is 4. The van der Waals surface area contributed by atoms with Crippen molar-refractivity contribution in [1.82, 2.24) is 25.8 Å². The molecule has 6 aliphatic carbocycles. The minimum Gasteiger partial charge on any atom is -0.469 e. The second kappa shape index (κ2) is 15.1. The molecule has 6 aliphatic rings. The van der Waals surface area contributed by atoms with E-state index in [1.807, 2.05) is 58.0 Å². The van der Waals surface area contributed by atoms with Crippen molar-refractivity contribution in [3.05, 3.63) is 52.0 Å². The van der Waals surface area contributed by atoms with E-state index in [4.69, 9.17) is 9.47 Å². The highest BCUT2D eigenvalue weighted by molar-refractivity contribution is 7.09. The van der Waals surface area contributed by atoms with E-state index in [2.05, 4.69) is 20.9 Å². The van der Waals surface area contributed by atoms with Gasteiger partial charge in [-0.05, 0) is 65.7 Å². The summed E-state index contributed by atoms with van der Waals surface area (Å²) in [5.41, 5.74) is 0.702. The second-order valence-corrected chi connectivity index (χ2v) is 18.6. The quantitative estimate of drug-likeness (QED) is 0.175. The van der Waals surface area contributed by atoms with Crippen molar-refractivity contribution in [2.45, 2.75) is 104 Å². The van der Waals surface area contributed by atoms with Gasteiger partial charge in [0.05, 0.1) is 24.0 Å². The first-order chi connectivity index (χ1) is 27.0. The Bertz CT molecular complexity index is 1880. The number of hydrogen-bond donors (Lipinski definition) is 3. The molecule has 2 aromatic rings. The van der Waals surface area contributed by atoms with E-state index in [-0.39, 0.29) is 59.2 Å². The Morgan fingerprint density at radius 1 is 0.912 bits per heavy atom. The van der Waals surface area contributed by atoms with E-state index in [9.17, 15) is 28.8 Å². The molecule has 13 nitrogen and oxygen atoms in total. The molecular weight excluding hydrogens is 747 g/mol. The molecule has 57 heavy (non-hydrogen) atoms. The standard InChI is InChI=1S/C43H57N5O8S/c1-10-21(4)36(46-41(54)42-30-33-31(42)35-32(42)34(30)43(33,35)47-23(6)49)39(52)48(8)28(20(2)3)18-29(56-24(7)50)38-45-27(19-57-38)37(51)44-26(16-22(5)40(53)55-9)17-25-14-12-11-13-15-25/h11-15,19-22,26,28-36H,10,16-18H2,1-9H3,(H,44,51)(H,46,54)(H,47,49)/t21-,22-,26+,28+,29+,30?,31?,32?,33?,34?,35?,36-,42?,43?/m0/s1. The third-order valence-electron chi connectivity index (χ3n) is 14.5. The van der Waals surface area contributed by atoms with Crippen molar-refractivity contribution in [2.75, 3.05) is 14.2 Å². The minimum atomic E-state index is -0.838. The fraction of sp³-hybridized carbons (Fsp3) is 0.651. The molecule has 3 N–H and O–H groups in total. The molecular formula is C43H57N5O8S. The summed E-state index contributed by atoms with van der Waals surface area (Å²) >= 11 is 1.20. The fourth-order valence-corrected chi connectivity index (χ4v) is 12.8. The van der Waals surface area contributed by atoms with Crippen molar-refractivity contribution >= 4 is 46.9 Å². The average Bonchev–Trinajstić information content (AvgIpc) is 3.68. The minimum absolute atomic E-state index is 0.00226. The molecule has 0 radical (unpaired) electrons. The van der Waals surface area contributed by atoms with Crippen LogP contribution in [0.4, 0.5) is 0 Å². The average molecular weight is 804 g/mol. The number of hydrogen-bond acceptors (Lipinski definition) is 10.